The Morgan fingerprint density at radius 1 is 1.33 bits per heavy atom. The number of hydrogen-bond donors (Lipinski definition) is 1. The Labute approximate surface area is 112 Å². The van der Waals surface area contributed by atoms with Crippen LogP contribution < -0.4 is 10.2 Å². The van der Waals surface area contributed by atoms with Gasteiger partial charge in [-0.15, -0.1) is 11.3 Å². The van der Waals surface area contributed by atoms with E-state index in [9.17, 15) is 0 Å². The van der Waals surface area contributed by atoms with E-state index in [0.717, 1.165) is 30.2 Å². The molecule has 0 aromatic carbocycles. The molecule has 2 rings (SSSR count). The van der Waals surface area contributed by atoms with Gasteiger partial charge in [0.25, 0.3) is 0 Å². The molecule has 98 valence electrons. The molecule has 0 saturated carbocycles. The summed E-state index contributed by atoms with van der Waals surface area (Å²) in [6.07, 6.45) is 1.12. The molecule has 4 nitrogen and oxygen atoms in total. The lowest BCUT2D eigenvalue weighted by atomic mass is 10.3. The Morgan fingerprint density at radius 2 is 2.11 bits per heavy atom. The largest absolute Gasteiger partial charge is 0.357 e. The first kappa shape index (κ1) is 13.1. The lowest BCUT2D eigenvalue weighted by Crippen LogP contribution is -2.25. The van der Waals surface area contributed by atoms with Gasteiger partial charge in [-0.1, -0.05) is 6.92 Å². The molecule has 5 heteroatoms. The van der Waals surface area contributed by atoms with Crippen LogP contribution in [0.15, 0.2) is 6.07 Å². The highest BCUT2D eigenvalue weighted by Crippen LogP contribution is 2.31. The maximum absolute atomic E-state index is 4.63. The molecular weight excluding hydrogens is 244 g/mol. The molecule has 0 unspecified atom stereocenters. The average molecular weight is 264 g/mol. The fourth-order valence-corrected chi connectivity index (χ4v) is 2.94. The second kappa shape index (κ2) is 5.52. The van der Waals surface area contributed by atoms with Crippen molar-refractivity contribution in [2.45, 2.75) is 27.2 Å². The number of anilines is 2. The average Bonchev–Trinajstić information content (AvgIpc) is 2.75. The highest BCUT2D eigenvalue weighted by Gasteiger charge is 2.14. The fourth-order valence-electron chi connectivity index (χ4n) is 2.06. The zero-order chi connectivity index (χ0) is 13.1. The molecule has 0 bridgehead atoms. The third-order valence-electron chi connectivity index (χ3n) is 2.89. The number of aromatic nitrogens is 2. The van der Waals surface area contributed by atoms with Crippen molar-refractivity contribution in [3.63, 3.8) is 0 Å². The second-order valence-corrected chi connectivity index (χ2v) is 5.51. The highest BCUT2D eigenvalue weighted by atomic mass is 32.1. The molecule has 0 aliphatic heterocycles. The van der Waals surface area contributed by atoms with Gasteiger partial charge in [-0.05, 0) is 26.3 Å². The van der Waals surface area contributed by atoms with E-state index in [1.165, 1.54) is 10.3 Å². The number of hydrogen-bond acceptors (Lipinski definition) is 5. The second-order valence-electron chi connectivity index (χ2n) is 4.28. The molecular formula is C13H20N4S. The Balaban J connectivity index is 2.58. The van der Waals surface area contributed by atoms with Gasteiger partial charge in [0.1, 0.15) is 10.6 Å². The summed E-state index contributed by atoms with van der Waals surface area (Å²) in [6, 6.07) is 2.19. The van der Waals surface area contributed by atoms with E-state index in [2.05, 4.69) is 47.0 Å². The Bertz CT molecular complexity index is 535. The number of aryl methyl sites for hydroxylation is 1. The lowest BCUT2D eigenvalue weighted by Gasteiger charge is -2.22. The summed E-state index contributed by atoms with van der Waals surface area (Å²) in [6.45, 7) is 8.48. The number of nitrogens with zero attached hydrogens (tertiary/aromatic N) is 3. The molecule has 0 amide bonds. The Morgan fingerprint density at radius 3 is 2.72 bits per heavy atom. The van der Waals surface area contributed by atoms with Crippen LogP contribution in [0, 0.1) is 6.92 Å². The van der Waals surface area contributed by atoms with Gasteiger partial charge in [-0.25, -0.2) is 4.98 Å². The minimum atomic E-state index is 0.703. The van der Waals surface area contributed by atoms with Gasteiger partial charge in [0, 0.05) is 25.0 Å². The van der Waals surface area contributed by atoms with Crippen LogP contribution in [0.3, 0.4) is 0 Å². The summed E-state index contributed by atoms with van der Waals surface area (Å²) in [4.78, 5) is 13.8. The predicted molar refractivity (Wildman–Crippen MR) is 79.9 cm³/mol. The first-order chi connectivity index (χ1) is 8.69. The van der Waals surface area contributed by atoms with Gasteiger partial charge in [0.15, 0.2) is 0 Å². The number of thiophene rings is 1. The zero-order valence-corrected chi connectivity index (χ0v) is 12.3. The van der Waals surface area contributed by atoms with E-state index in [1.807, 2.05) is 7.05 Å². The molecule has 2 aromatic rings. The van der Waals surface area contributed by atoms with Crippen molar-refractivity contribution in [2.75, 3.05) is 30.4 Å². The Hall–Kier alpha value is -1.36. The molecule has 0 aliphatic rings. The van der Waals surface area contributed by atoms with Gasteiger partial charge in [-0.3, -0.25) is 0 Å². The van der Waals surface area contributed by atoms with Crippen LogP contribution in [0.2, 0.25) is 0 Å². The molecule has 2 heterocycles. The van der Waals surface area contributed by atoms with Crippen molar-refractivity contribution in [3.8, 4) is 0 Å². The van der Waals surface area contributed by atoms with Crippen LogP contribution in [-0.2, 0) is 0 Å². The predicted octanol–water partition coefficient (Wildman–Crippen LogP) is 3.28. The molecule has 0 saturated heterocycles. The third kappa shape index (κ3) is 2.41. The minimum absolute atomic E-state index is 0.703. The first-order valence-corrected chi connectivity index (χ1v) is 7.22. The maximum Gasteiger partial charge on any atom is 0.225 e. The van der Waals surface area contributed by atoms with E-state index < -0.39 is 0 Å². The summed E-state index contributed by atoms with van der Waals surface area (Å²) < 4.78 is 0. The quantitative estimate of drug-likeness (QED) is 0.900. The van der Waals surface area contributed by atoms with Gasteiger partial charge in [0.2, 0.25) is 5.95 Å². The fraction of sp³-hybridized carbons (Fsp3) is 0.538. The van der Waals surface area contributed by atoms with Crippen LogP contribution >= 0.6 is 11.3 Å². The smallest absolute Gasteiger partial charge is 0.225 e. The van der Waals surface area contributed by atoms with Gasteiger partial charge in [0.05, 0.1) is 5.39 Å². The van der Waals surface area contributed by atoms with Crippen molar-refractivity contribution in [2.24, 2.45) is 0 Å². The number of rotatable bonds is 5. The van der Waals surface area contributed by atoms with Crippen LogP contribution in [0.25, 0.3) is 10.2 Å². The van der Waals surface area contributed by atoms with Crippen LogP contribution in [0.4, 0.5) is 11.8 Å². The summed E-state index contributed by atoms with van der Waals surface area (Å²) in [7, 11) is 1.86. The van der Waals surface area contributed by atoms with Crippen molar-refractivity contribution in [1.29, 1.82) is 0 Å². The lowest BCUT2D eigenvalue weighted by molar-refractivity contribution is 0.782. The monoisotopic (exact) mass is 264 g/mol. The molecule has 18 heavy (non-hydrogen) atoms. The highest BCUT2D eigenvalue weighted by molar-refractivity contribution is 7.18. The molecule has 0 aliphatic carbocycles. The van der Waals surface area contributed by atoms with Crippen molar-refractivity contribution in [3.05, 3.63) is 10.9 Å². The van der Waals surface area contributed by atoms with E-state index in [4.69, 9.17) is 0 Å². The summed E-state index contributed by atoms with van der Waals surface area (Å²) in [5.74, 6) is 1.76. The number of fused-ring (bicyclic) bond motifs is 1. The molecule has 2 aromatic heterocycles. The molecule has 0 atom stereocenters. The number of nitrogens with one attached hydrogen (secondary N) is 1. The van der Waals surface area contributed by atoms with Crippen molar-refractivity contribution < 1.29 is 0 Å². The molecule has 0 radical (unpaired) electrons. The maximum atomic E-state index is 4.63. The van der Waals surface area contributed by atoms with Crippen LogP contribution in [-0.4, -0.2) is 30.1 Å². The summed E-state index contributed by atoms with van der Waals surface area (Å²) in [5.41, 5.74) is 0. The first-order valence-electron chi connectivity index (χ1n) is 6.40. The standard InChI is InChI=1S/C13H20N4S/c1-5-7-17(6-2)11-10-8-9(3)18-12(10)16-13(14-4)15-11/h8H,5-7H2,1-4H3,(H,14,15,16). The summed E-state index contributed by atoms with van der Waals surface area (Å²) >= 11 is 1.72. The van der Waals surface area contributed by atoms with E-state index in [1.54, 1.807) is 11.3 Å². The topological polar surface area (TPSA) is 41.1 Å². The summed E-state index contributed by atoms with van der Waals surface area (Å²) in [5, 5.41) is 4.22. The van der Waals surface area contributed by atoms with E-state index >= 15 is 0 Å². The Kier molecular flexibility index (Phi) is 4.01. The minimum Gasteiger partial charge on any atom is -0.357 e. The van der Waals surface area contributed by atoms with E-state index in [0.29, 0.717) is 5.95 Å². The van der Waals surface area contributed by atoms with Crippen LogP contribution in [0.5, 0.6) is 0 Å². The SMILES string of the molecule is CCCN(CC)c1nc(NC)nc2sc(C)cc12. The third-order valence-corrected chi connectivity index (χ3v) is 3.84. The van der Waals surface area contributed by atoms with Gasteiger partial charge < -0.3 is 10.2 Å². The molecule has 1 N–H and O–H groups in total. The zero-order valence-electron chi connectivity index (χ0n) is 11.4. The normalized spacial score (nSPS) is 10.9. The molecule has 0 fully saturated rings. The van der Waals surface area contributed by atoms with Gasteiger partial charge >= 0.3 is 0 Å². The van der Waals surface area contributed by atoms with Crippen LogP contribution in [0.1, 0.15) is 25.1 Å². The van der Waals surface area contributed by atoms with Crippen molar-refractivity contribution >= 4 is 33.3 Å². The van der Waals surface area contributed by atoms with E-state index in [-0.39, 0.29) is 0 Å². The van der Waals surface area contributed by atoms with Crippen molar-refractivity contribution in [1.82, 2.24) is 9.97 Å². The molecule has 0 spiro atoms. The van der Waals surface area contributed by atoms with Gasteiger partial charge in [-0.2, -0.15) is 4.98 Å².